The van der Waals surface area contributed by atoms with Gasteiger partial charge in [0, 0.05) is 31.8 Å². The average Bonchev–Trinajstić information content (AvgIpc) is 2.37. The quantitative estimate of drug-likeness (QED) is 0.299. The van der Waals surface area contributed by atoms with Crippen LogP contribution in [0.3, 0.4) is 0 Å². The fraction of sp³-hybridized carbons (Fsp3) is 0.364. The van der Waals surface area contributed by atoms with Gasteiger partial charge in [-0.1, -0.05) is 12.1 Å². The number of pyridine rings is 1. The van der Waals surface area contributed by atoms with Crippen LogP contribution in [0, 0.1) is 5.92 Å². The molecule has 0 aliphatic rings. The zero-order valence-corrected chi connectivity index (χ0v) is 10.3. The Hall–Kier alpha value is -2.31. The fourth-order valence-electron chi connectivity index (χ4n) is 1.45. The molecule has 1 amide bonds. The molecule has 0 spiro atoms. The second-order valence-electron chi connectivity index (χ2n) is 4.05. The van der Waals surface area contributed by atoms with E-state index in [0.717, 1.165) is 0 Å². The zero-order valence-electron chi connectivity index (χ0n) is 10.3. The van der Waals surface area contributed by atoms with Gasteiger partial charge in [0.25, 0.3) is 5.91 Å². The number of oxime groups is 1. The molecule has 7 heteroatoms. The second kappa shape index (κ2) is 5.85. The van der Waals surface area contributed by atoms with Crippen LogP contribution in [0.25, 0.3) is 0 Å². The molecule has 0 aliphatic heterocycles. The normalized spacial score (nSPS) is 13.1. The van der Waals surface area contributed by atoms with Crippen molar-refractivity contribution < 1.29 is 10.0 Å². The first kappa shape index (κ1) is 13.8. The fourth-order valence-corrected chi connectivity index (χ4v) is 1.45. The number of aromatic nitrogens is 1. The summed E-state index contributed by atoms with van der Waals surface area (Å²) in [6.07, 6.45) is 1.36. The van der Waals surface area contributed by atoms with E-state index in [4.69, 9.17) is 10.9 Å². The van der Waals surface area contributed by atoms with Crippen molar-refractivity contribution in [2.45, 2.75) is 6.92 Å². The van der Waals surface area contributed by atoms with Crippen molar-refractivity contribution in [2.24, 2.45) is 16.8 Å². The number of hydrogen-bond donors (Lipinski definition) is 3. The zero-order chi connectivity index (χ0) is 13.7. The number of nitrogens with one attached hydrogen (secondary N) is 1. The molecular formula is C11H16N4O3. The lowest BCUT2D eigenvalue weighted by atomic mass is 10.1. The maximum Gasteiger partial charge on any atom is 0.255 e. The number of carbonyl (C=O) groups excluding carboxylic acids is 1. The van der Waals surface area contributed by atoms with Crippen LogP contribution in [0.2, 0.25) is 0 Å². The summed E-state index contributed by atoms with van der Waals surface area (Å²) in [4.78, 5) is 26.7. The summed E-state index contributed by atoms with van der Waals surface area (Å²) in [6, 6.07) is 2.74. The molecule has 4 N–H and O–H groups in total. The van der Waals surface area contributed by atoms with E-state index in [-0.39, 0.29) is 23.2 Å². The Morgan fingerprint density at radius 2 is 2.28 bits per heavy atom. The predicted octanol–water partition coefficient (Wildman–Crippen LogP) is -0.171. The van der Waals surface area contributed by atoms with Gasteiger partial charge in [-0.15, -0.1) is 0 Å². The van der Waals surface area contributed by atoms with E-state index in [1.807, 2.05) is 0 Å². The van der Waals surface area contributed by atoms with Crippen LogP contribution in [0.15, 0.2) is 28.3 Å². The predicted molar refractivity (Wildman–Crippen MR) is 66.6 cm³/mol. The highest BCUT2D eigenvalue weighted by Crippen LogP contribution is 2.04. The third kappa shape index (κ3) is 3.34. The summed E-state index contributed by atoms with van der Waals surface area (Å²) in [7, 11) is 1.61. The van der Waals surface area contributed by atoms with Gasteiger partial charge in [-0.2, -0.15) is 0 Å². The lowest BCUT2D eigenvalue weighted by Crippen LogP contribution is -2.36. The third-order valence-corrected chi connectivity index (χ3v) is 2.55. The SMILES string of the molecule is CC(CN(C)C(=O)c1ccc(=O)[nH]c1)/C(N)=N/O. The standard InChI is InChI=1S/C11H16N4O3/c1-7(10(12)14-18)6-15(2)11(17)8-3-4-9(16)13-5-8/h3-5,7,18H,6H2,1-2H3,(H2,12,14)(H,13,16). The summed E-state index contributed by atoms with van der Waals surface area (Å²) < 4.78 is 0. The first-order chi connectivity index (χ1) is 8.45. The molecule has 1 aromatic heterocycles. The Bertz CT molecular complexity index is 489. The number of H-pyrrole nitrogens is 1. The van der Waals surface area contributed by atoms with Gasteiger partial charge in [0.15, 0.2) is 0 Å². The van der Waals surface area contributed by atoms with Crippen molar-refractivity contribution >= 4 is 11.7 Å². The molecule has 0 saturated heterocycles. The van der Waals surface area contributed by atoms with Gasteiger partial charge in [-0.3, -0.25) is 9.59 Å². The lowest BCUT2D eigenvalue weighted by molar-refractivity contribution is 0.0785. The van der Waals surface area contributed by atoms with Crippen LogP contribution in [0.1, 0.15) is 17.3 Å². The van der Waals surface area contributed by atoms with Gasteiger partial charge in [-0.05, 0) is 6.07 Å². The molecule has 0 saturated carbocycles. The maximum atomic E-state index is 12.0. The van der Waals surface area contributed by atoms with Crippen LogP contribution in [0.4, 0.5) is 0 Å². The summed E-state index contributed by atoms with van der Waals surface area (Å²) in [6.45, 7) is 2.06. The first-order valence-electron chi connectivity index (χ1n) is 5.37. The molecule has 0 aliphatic carbocycles. The summed E-state index contributed by atoms with van der Waals surface area (Å²) >= 11 is 0. The van der Waals surface area contributed by atoms with E-state index >= 15 is 0 Å². The van der Waals surface area contributed by atoms with Crippen molar-refractivity contribution in [1.29, 1.82) is 0 Å². The van der Waals surface area contributed by atoms with Crippen LogP contribution in [0.5, 0.6) is 0 Å². The third-order valence-electron chi connectivity index (χ3n) is 2.55. The molecule has 0 radical (unpaired) electrons. The smallest absolute Gasteiger partial charge is 0.255 e. The molecule has 18 heavy (non-hydrogen) atoms. The number of nitrogens with zero attached hydrogens (tertiary/aromatic N) is 2. The van der Waals surface area contributed by atoms with Gasteiger partial charge in [-0.25, -0.2) is 0 Å². The van der Waals surface area contributed by atoms with E-state index < -0.39 is 0 Å². The van der Waals surface area contributed by atoms with Crippen LogP contribution >= 0.6 is 0 Å². The molecule has 1 rings (SSSR count). The van der Waals surface area contributed by atoms with E-state index in [1.54, 1.807) is 14.0 Å². The van der Waals surface area contributed by atoms with Crippen molar-refractivity contribution in [2.75, 3.05) is 13.6 Å². The highest BCUT2D eigenvalue weighted by Gasteiger charge is 2.16. The Labute approximate surface area is 104 Å². The van der Waals surface area contributed by atoms with Crippen molar-refractivity contribution in [3.63, 3.8) is 0 Å². The van der Waals surface area contributed by atoms with Crippen LogP contribution < -0.4 is 11.3 Å². The number of aromatic amines is 1. The lowest BCUT2D eigenvalue weighted by Gasteiger charge is -2.20. The van der Waals surface area contributed by atoms with Crippen LogP contribution in [-0.2, 0) is 0 Å². The van der Waals surface area contributed by atoms with E-state index in [1.165, 1.54) is 23.2 Å². The largest absolute Gasteiger partial charge is 0.409 e. The number of hydrogen-bond acceptors (Lipinski definition) is 4. The van der Waals surface area contributed by atoms with Gasteiger partial charge in [0.1, 0.15) is 5.84 Å². The number of amides is 1. The summed E-state index contributed by atoms with van der Waals surface area (Å²) in [5.74, 6) is -0.438. The molecule has 0 fully saturated rings. The number of rotatable bonds is 4. The van der Waals surface area contributed by atoms with Crippen molar-refractivity contribution in [3.05, 3.63) is 34.2 Å². The molecule has 1 heterocycles. The number of amidine groups is 1. The minimum atomic E-state index is -0.265. The molecule has 7 nitrogen and oxygen atoms in total. The molecule has 1 atom stereocenters. The Morgan fingerprint density at radius 1 is 1.61 bits per heavy atom. The first-order valence-corrected chi connectivity index (χ1v) is 5.37. The number of carbonyl (C=O) groups is 1. The second-order valence-corrected chi connectivity index (χ2v) is 4.05. The van der Waals surface area contributed by atoms with Crippen LogP contribution in [-0.4, -0.2) is 40.4 Å². The molecule has 0 bridgehead atoms. The van der Waals surface area contributed by atoms with Crippen molar-refractivity contribution in [3.8, 4) is 0 Å². The highest BCUT2D eigenvalue weighted by atomic mass is 16.4. The molecule has 1 unspecified atom stereocenters. The summed E-state index contributed by atoms with van der Waals surface area (Å²) in [5.41, 5.74) is 5.55. The average molecular weight is 252 g/mol. The van der Waals surface area contributed by atoms with Crippen molar-refractivity contribution in [1.82, 2.24) is 9.88 Å². The topological polar surface area (TPSA) is 112 Å². The van der Waals surface area contributed by atoms with E-state index in [0.29, 0.717) is 12.1 Å². The Morgan fingerprint density at radius 3 is 2.78 bits per heavy atom. The number of nitrogens with two attached hydrogens (primary N) is 1. The van der Waals surface area contributed by atoms with Gasteiger partial charge in [0.05, 0.1) is 5.56 Å². The Kier molecular flexibility index (Phi) is 4.47. The minimum absolute atomic E-state index is 0.0659. The summed E-state index contributed by atoms with van der Waals surface area (Å²) in [5, 5.41) is 11.4. The highest BCUT2D eigenvalue weighted by molar-refractivity contribution is 5.94. The molecule has 1 aromatic rings. The molecular weight excluding hydrogens is 236 g/mol. The maximum absolute atomic E-state index is 12.0. The Balaban J connectivity index is 2.73. The monoisotopic (exact) mass is 252 g/mol. The molecule has 98 valence electrons. The molecule has 0 aromatic carbocycles. The minimum Gasteiger partial charge on any atom is -0.409 e. The van der Waals surface area contributed by atoms with E-state index in [9.17, 15) is 9.59 Å². The van der Waals surface area contributed by atoms with Gasteiger partial charge < -0.3 is 20.8 Å². The van der Waals surface area contributed by atoms with Gasteiger partial charge >= 0.3 is 0 Å². The van der Waals surface area contributed by atoms with E-state index in [2.05, 4.69) is 10.1 Å². The van der Waals surface area contributed by atoms with Gasteiger partial charge in [0.2, 0.25) is 5.56 Å².